The lowest BCUT2D eigenvalue weighted by molar-refractivity contribution is 0.209. The molecule has 1 amide bonds. The number of amides is 1. The van der Waals surface area contributed by atoms with E-state index in [0.29, 0.717) is 5.82 Å². The number of hydrogen-bond donors (Lipinski definition) is 3. The fraction of sp³-hybridized carbons (Fsp3) is 0. The number of aromatic nitrogens is 3. The van der Waals surface area contributed by atoms with Gasteiger partial charge in [-0.2, -0.15) is 9.36 Å². The second-order valence-corrected chi connectivity index (χ2v) is 5.66. The monoisotopic (exact) mass is 386 g/mol. The zero-order chi connectivity index (χ0) is 13.4. The van der Waals surface area contributed by atoms with E-state index in [2.05, 4.69) is 42.2 Å². The van der Waals surface area contributed by atoms with E-state index in [4.69, 9.17) is 5.11 Å². The average Bonchev–Trinajstić information content (AvgIpc) is 2.96. The van der Waals surface area contributed by atoms with E-state index in [9.17, 15) is 4.79 Å². The first-order valence-electron chi connectivity index (χ1n) is 5.24. The molecule has 2 heterocycles. The predicted octanol–water partition coefficient (Wildman–Crippen LogP) is 3.38. The summed E-state index contributed by atoms with van der Waals surface area (Å²) >= 11 is 3.27. The predicted molar refractivity (Wildman–Crippen MR) is 81.6 cm³/mol. The van der Waals surface area contributed by atoms with E-state index in [-0.39, 0.29) is 5.13 Å². The largest absolute Gasteiger partial charge is 0.465 e. The van der Waals surface area contributed by atoms with Crippen LogP contribution in [0.3, 0.4) is 0 Å². The number of benzene rings is 1. The Morgan fingerprint density at radius 2 is 2.32 bits per heavy atom. The van der Waals surface area contributed by atoms with Crippen LogP contribution in [-0.4, -0.2) is 25.5 Å². The molecule has 0 bridgehead atoms. The number of nitrogens with one attached hydrogen (secondary N) is 2. The van der Waals surface area contributed by atoms with Crippen LogP contribution in [0.4, 0.5) is 9.93 Å². The molecule has 19 heavy (non-hydrogen) atoms. The summed E-state index contributed by atoms with van der Waals surface area (Å²) in [6.45, 7) is 0. The summed E-state index contributed by atoms with van der Waals surface area (Å²) in [7, 11) is 0. The molecular weight excluding hydrogens is 379 g/mol. The van der Waals surface area contributed by atoms with Crippen LogP contribution in [-0.2, 0) is 0 Å². The number of halogens is 1. The molecule has 0 atom stereocenters. The lowest BCUT2D eigenvalue weighted by Gasteiger charge is -1.96. The molecule has 8 heteroatoms. The van der Waals surface area contributed by atoms with Gasteiger partial charge < -0.3 is 10.1 Å². The summed E-state index contributed by atoms with van der Waals surface area (Å²) < 4.78 is 5.27. The van der Waals surface area contributed by atoms with Gasteiger partial charge in [-0.25, -0.2) is 4.79 Å². The van der Waals surface area contributed by atoms with Gasteiger partial charge in [0.1, 0.15) is 0 Å². The Morgan fingerprint density at radius 1 is 1.47 bits per heavy atom. The van der Waals surface area contributed by atoms with Gasteiger partial charge in [0.25, 0.3) is 0 Å². The smallest absolute Gasteiger partial charge is 0.411 e. The maximum atomic E-state index is 10.5. The molecule has 96 valence electrons. The number of fused-ring (bicyclic) bond motifs is 1. The van der Waals surface area contributed by atoms with Crippen molar-refractivity contribution in [3.05, 3.63) is 28.0 Å². The molecule has 3 rings (SSSR count). The number of hydrogen-bond acceptors (Lipinski definition) is 4. The minimum Gasteiger partial charge on any atom is -0.465 e. The molecule has 0 aliphatic carbocycles. The molecular formula is C11H7IN4O2S. The van der Waals surface area contributed by atoms with Gasteiger partial charge in [-0.3, -0.25) is 5.32 Å². The van der Waals surface area contributed by atoms with Crippen molar-refractivity contribution < 1.29 is 9.90 Å². The van der Waals surface area contributed by atoms with E-state index in [1.165, 1.54) is 0 Å². The Balaban J connectivity index is 2.01. The molecule has 1 aromatic carbocycles. The van der Waals surface area contributed by atoms with Crippen molar-refractivity contribution in [3.63, 3.8) is 0 Å². The van der Waals surface area contributed by atoms with Crippen molar-refractivity contribution in [2.45, 2.75) is 0 Å². The lowest BCUT2D eigenvalue weighted by atomic mass is 10.1. The van der Waals surface area contributed by atoms with Crippen LogP contribution in [0.5, 0.6) is 0 Å². The second kappa shape index (κ2) is 4.78. The highest BCUT2D eigenvalue weighted by Gasteiger charge is 2.10. The average molecular weight is 386 g/mol. The van der Waals surface area contributed by atoms with Crippen LogP contribution < -0.4 is 5.32 Å². The molecule has 6 nitrogen and oxygen atoms in total. The quantitative estimate of drug-likeness (QED) is 0.589. The van der Waals surface area contributed by atoms with Crippen molar-refractivity contribution in [2.75, 3.05) is 5.32 Å². The molecule has 0 radical (unpaired) electrons. The van der Waals surface area contributed by atoms with Gasteiger partial charge in [0, 0.05) is 37.8 Å². The third-order valence-electron chi connectivity index (χ3n) is 2.53. The Bertz CT molecular complexity index is 767. The van der Waals surface area contributed by atoms with Gasteiger partial charge in [-0.05, 0) is 40.8 Å². The number of carbonyl (C=O) groups is 1. The Morgan fingerprint density at radius 3 is 3.11 bits per heavy atom. The van der Waals surface area contributed by atoms with Crippen LogP contribution in [0, 0.1) is 3.57 Å². The summed E-state index contributed by atoms with van der Waals surface area (Å²) in [4.78, 5) is 17.8. The highest BCUT2D eigenvalue weighted by molar-refractivity contribution is 14.1. The summed E-state index contributed by atoms with van der Waals surface area (Å²) in [5.74, 6) is 0.521. The standard InChI is InChI=1S/C11H7IN4O2S/c12-7-4-13-8-2-1-5(3-6(7)8)9-14-10(19-16-9)15-11(17)18/h1-4,13H,(H,17,18)(H,14,15,16). The first-order valence-corrected chi connectivity index (χ1v) is 7.09. The van der Waals surface area contributed by atoms with Crippen molar-refractivity contribution >= 4 is 56.3 Å². The summed E-state index contributed by atoms with van der Waals surface area (Å²) in [6.07, 6.45) is 0.791. The summed E-state index contributed by atoms with van der Waals surface area (Å²) in [5.41, 5.74) is 1.91. The first kappa shape index (κ1) is 12.4. The van der Waals surface area contributed by atoms with Crippen molar-refractivity contribution in [1.82, 2.24) is 14.3 Å². The normalized spacial score (nSPS) is 10.8. The van der Waals surface area contributed by atoms with Gasteiger partial charge in [0.15, 0.2) is 5.82 Å². The molecule has 3 N–H and O–H groups in total. The third kappa shape index (κ3) is 2.40. The Kier molecular flexibility index (Phi) is 3.11. The zero-order valence-corrected chi connectivity index (χ0v) is 12.3. The molecule has 0 fully saturated rings. The SMILES string of the molecule is O=C(O)Nc1nc(-c2ccc3[nH]cc(I)c3c2)ns1. The molecule has 3 aromatic rings. The van der Waals surface area contributed by atoms with Gasteiger partial charge in [-0.1, -0.05) is 0 Å². The first-order chi connectivity index (χ1) is 9.13. The molecule has 0 unspecified atom stereocenters. The van der Waals surface area contributed by atoms with E-state index in [1.807, 2.05) is 24.4 Å². The van der Waals surface area contributed by atoms with Gasteiger partial charge in [0.05, 0.1) is 0 Å². The third-order valence-corrected chi connectivity index (χ3v) is 4.05. The minimum absolute atomic E-state index is 0.270. The summed E-state index contributed by atoms with van der Waals surface area (Å²) in [5, 5.41) is 12.2. The van der Waals surface area contributed by atoms with Crippen LogP contribution >= 0.6 is 34.1 Å². The molecule has 0 spiro atoms. The molecule has 2 aromatic heterocycles. The Labute approximate surface area is 125 Å². The molecule has 0 saturated heterocycles. The van der Waals surface area contributed by atoms with E-state index < -0.39 is 6.09 Å². The molecule has 0 aliphatic heterocycles. The van der Waals surface area contributed by atoms with Gasteiger partial charge in [0.2, 0.25) is 5.13 Å². The maximum Gasteiger partial charge on any atom is 0.411 e. The number of rotatable bonds is 2. The maximum absolute atomic E-state index is 10.5. The highest BCUT2D eigenvalue weighted by Crippen LogP contribution is 2.27. The summed E-state index contributed by atoms with van der Waals surface area (Å²) in [6, 6.07) is 5.85. The second-order valence-electron chi connectivity index (χ2n) is 3.75. The van der Waals surface area contributed by atoms with Gasteiger partial charge >= 0.3 is 6.09 Å². The van der Waals surface area contributed by atoms with E-state index >= 15 is 0 Å². The fourth-order valence-corrected chi connectivity index (χ4v) is 2.89. The Hall–Kier alpha value is -1.68. The van der Waals surface area contributed by atoms with Crippen molar-refractivity contribution in [2.24, 2.45) is 0 Å². The molecule has 0 saturated carbocycles. The van der Waals surface area contributed by atoms with Crippen molar-refractivity contribution in [1.29, 1.82) is 0 Å². The van der Waals surface area contributed by atoms with Crippen LogP contribution in [0.15, 0.2) is 24.4 Å². The van der Waals surface area contributed by atoms with Crippen LogP contribution in [0.1, 0.15) is 0 Å². The zero-order valence-electron chi connectivity index (χ0n) is 9.35. The number of H-pyrrole nitrogens is 1. The number of nitrogens with zero attached hydrogens (tertiary/aromatic N) is 2. The van der Waals surface area contributed by atoms with Gasteiger partial charge in [-0.15, -0.1) is 0 Å². The number of carboxylic acid groups (broad SMARTS) is 1. The fourth-order valence-electron chi connectivity index (χ4n) is 1.71. The lowest BCUT2D eigenvalue weighted by Crippen LogP contribution is -2.06. The number of anilines is 1. The van der Waals surface area contributed by atoms with E-state index in [0.717, 1.165) is 31.6 Å². The highest BCUT2D eigenvalue weighted by atomic mass is 127. The van der Waals surface area contributed by atoms with Crippen LogP contribution in [0.2, 0.25) is 0 Å². The minimum atomic E-state index is -1.14. The molecule has 0 aliphatic rings. The van der Waals surface area contributed by atoms with Crippen LogP contribution in [0.25, 0.3) is 22.3 Å². The van der Waals surface area contributed by atoms with Crippen molar-refractivity contribution in [3.8, 4) is 11.4 Å². The van der Waals surface area contributed by atoms with E-state index in [1.54, 1.807) is 0 Å². The topological polar surface area (TPSA) is 90.9 Å². The number of aromatic amines is 1.